The first kappa shape index (κ1) is 14.8. The van der Waals surface area contributed by atoms with Crippen LogP contribution in [0.5, 0.6) is 0 Å². The van der Waals surface area contributed by atoms with Crippen molar-refractivity contribution in [2.24, 2.45) is 0 Å². The van der Waals surface area contributed by atoms with E-state index < -0.39 is 6.10 Å². The fourth-order valence-electron chi connectivity index (χ4n) is 1.25. The average molecular weight is 220 g/mol. The second kappa shape index (κ2) is 9.09. The third-order valence-corrected chi connectivity index (χ3v) is 1.96. The molecule has 3 unspecified atom stereocenters. The molecule has 0 aliphatic heterocycles. The highest BCUT2D eigenvalue weighted by Crippen LogP contribution is 2.06. The Bertz CT molecular complexity index is 139. The third-order valence-electron chi connectivity index (χ3n) is 1.96. The number of aliphatic hydroxyl groups is 2. The zero-order valence-corrected chi connectivity index (χ0v) is 9.98. The van der Waals surface area contributed by atoms with Crippen molar-refractivity contribution in [2.45, 2.75) is 51.9 Å². The number of hydrogen-bond acceptors (Lipinski definition) is 4. The van der Waals surface area contributed by atoms with Crippen LogP contribution in [0.3, 0.4) is 0 Å². The van der Waals surface area contributed by atoms with Crippen molar-refractivity contribution in [1.29, 1.82) is 0 Å². The van der Waals surface area contributed by atoms with E-state index in [1.807, 2.05) is 6.92 Å². The van der Waals surface area contributed by atoms with E-state index >= 15 is 0 Å². The van der Waals surface area contributed by atoms with Gasteiger partial charge in [-0.3, -0.25) is 0 Å². The Balaban J connectivity index is 3.72. The van der Waals surface area contributed by atoms with Gasteiger partial charge in [0.2, 0.25) is 0 Å². The summed E-state index contributed by atoms with van der Waals surface area (Å²) in [6.45, 7) is 6.43. The van der Waals surface area contributed by atoms with Crippen LogP contribution in [0.15, 0.2) is 0 Å². The number of rotatable bonds is 9. The molecule has 0 fully saturated rings. The van der Waals surface area contributed by atoms with Crippen molar-refractivity contribution in [2.75, 3.05) is 19.8 Å². The summed E-state index contributed by atoms with van der Waals surface area (Å²) in [6, 6.07) is 0. The van der Waals surface area contributed by atoms with Gasteiger partial charge in [0, 0.05) is 0 Å². The van der Waals surface area contributed by atoms with Gasteiger partial charge in [-0.2, -0.15) is 0 Å². The van der Waals surface area contributed by atoms with Crippen LogP contribution >= 0.6 is 0 Å². The Morgan fingerprint density at radius 1 is 1.20 bits per heavy atom. The van der Waals surface area contributed by atoms with Gasteiger partial charge in [-0.1, -0.05) is 13.3 Å². The molecule has 0 rings (SSSR count). The second-order valence-electron chi connectivity index (χ2n) is 3.93. The maximum absolute atomic E-state index is 9.02. The lowest BCUT2D eigenvalue weighted by atomic mass is 10.2. The zero-order valence-electron chi connectivity index (χ0n) is 9.98. The van der Waals surface area contributed by atoms with Crippen LogP contribution in [-0.4, -0.2) is 48.3 Å². The molecule has 0 aliphatic rings. The number of ether oxygens (including phenoxy) is 2. The number of aliphatic hydroxyl groups excluding tert-OH is 2. The maximum Gasteiger partial charge on any atom is 0.0813 e. The van der Waals surface area contributed by atoms with Crippen LogP contribution in [0.2, 0.25) is 0 Å². The molecule has 0 amide bonds. The molecule has 2 N–H and O–H groups in total. The summed E-state index contributed by atoms with van der Waals surface area (Å²) in [4.78, 5) is 0. The summed E-state index contributed by atoms with van der Waals surface area (Å²) in [5.74, 6) is 0. The van der Waals surface area contributed by atoms with E-state index in [4.69, 9.17) is 19.7 Å². The first-order valence-corrected chi connectivity index (χ1v) is 5.62. The van der Waals surface area contributed by atoms with Crippen molar-refractivity contribution in [3.8, 4) is 0 Å². The van der Waals surface area contributed by atoms with E-state index in [1.165, 1.54) is 0 Å². The molecule has 0 aromatic carbocycles. The van der Waals surface area contributed by atoms with Gasteiger partial charge in [0.25, 0.3) is 0 Å². The minimum Gasteiger partial charge on any atom is -0.394 e. The second-order valence-corrected chi connectivity index (χ2v) is 3.93. The summed E-state index contributed by atoms with van der Waals surface area (Å²) in [7, 11) is 0. The molecule has 0 saturated carbocycles. The molecule has 0 saturated heterocycles. The molecule has 15 heavy (non-hydrogen) atoms. The molecule has 92 valence electrons. The van der Waals surface area contributed by atoms with Gasteiger partial charge in [-0.15, -0.1) is 0 Å². The van der Waals surface area contributed by atoms with Crippen molar-refractivity contribution in [3.63, 3.8) is 0 Å². The molecule has 4 nitrogen and oxygen atoms in total. The molecule has 0 aromatic rings. The maximum atomic E-state index is 9.02. The van der Waals surface area contributed by atoms with Gasteiger partial charge in [-0.25, -0.2) is 0 Å². The van der Waals surface area contributed by atoms with Crippen LogP contribution in [0.25, 0.3) is 0 Å². The lowest BCUT2D eigenvalue weighted by molar-refractivity contribution is -0.0784. The van der Waals surface area contributed by atoms with Gasteiger partial charge in [0.1, 0.15) is 0 Å². The van der Waals surface area contributed by atoms with Crippen molar-refractivity contribution < 1.29 is 19.7 Å². The van der Waals surface area contributed by atoms with Crippen LogP contribution in [0.4, 0.5) is 0 Å². The highest BCUT2D eigenvalue weighted by molar-refractivity contribution is 4.59. The monoisotopic (exact) mass is 220 g/mol. The first-order chi connectivity index (χ1) is 7.10. The molecule has 0 aliphatic carbocycles. The minimum atomic E-state index is -0.442. The predicted octanol–water partition coefficient (Wildman–Crippen LogP) is 0.950. The molecule has 0 spiro atoms. The Hall–Kier alpha value is -0.160. The van der Waals surface area contributed by atoms with E-state index in [1.54, 1.807) is 6.92 Å². The largest absolute Gasteiger partial charge is 0.394 e. The van der Waals surface area contributed by atoms with E-state index in [2.05, 4.69) is 6.92 Å². The fourth-order valence-corrected chi connectivity index (χ4v) is 1.25. The molecule has 4 heteroatoms. The molecule has 3 atom stereocenters. The average Bonchev–Trinajstić information content (AvgIpc) is 2.17. The number of hydrogen-bond donors (Lipinski definition) is 2. The molecule has 0 bridgehead atoms. The molecular formula is C11H24O4. The van der Waals surface area contributed by atoms with E-state index in [9.17, 15) is 0 Å². The van der Waals surface area contributed by atoms with Crippen LogP contribution in [0, 0.1) is 0 Å². The predicted molar refractivity (Wildman–Crippen MR) is 58.8 cm³/mol. The van der Waals surface area contributed by atoms with Crippen molar-refractivity contribution >= 4 is 0 Å². The summed E-state index contributed by atoms with van der Waals surface area (Å²) < 4.78 is 10.9. The van der Waals surface area contributed by atoms with Gasteiger partial charge in [-0.05, 0) is 20.3 Å². The molecule has 0 radical (unpaired) electrons. The molecule has 0 heterocycles. The third kappa shape index (κ3) is 8.81. The van der Waals surface area contributed by atoms with E-state index in [-0.39, 0.29) is 18.8 Å². The highest BCUT2D eigenvalue weighted by Gasteiger charge is 2.12. The topological polar surface area (TPSA) is 58.9 Å². The Morgan fingerprint density at radius 3 is 2.33 bits per heavy atom. The lowest BCUT2D eigenvalue weighted by Crippen LogP contribution is -2.28. The quantitative estimate of drug-likeness (QED) is 0.607. The fraction of sp³-hybridized carbons (Fsp3) is 1.00. The Kier molecular flexibility index (Phi) is 9.00. The minimum absolute atomic E-state index is 0.0101. The molecule has 0 aromatic heterocycles. The normalized spacial score (nSPS) is 17.4. The Labute approximate surface area is 92.2 Å². The van der Waals surface area contributed by atoms with Gasteiger partial charge < -0.3 is 19.7 Å². The van der Waals surface area contributed by atoms with E-state index in [0.29, 0.717) is 13.2 Å². The van der Waals surface area contributed by atoms with Crippen molar-refractivity contribution in [1.82, 2.24) is 0 Å². The smallest absolute Gasteiger partial charge is 0.0813 e. The standard InChI is InChI=1S/C11H24O4/c1-4-5-11(15-10(3)6-12)8-14-7-9(2)13/h9-13H,4-8H2,1-3H3. The SMILES string of the molecule is CCCC(COCC(C)O)OC(C)CO. The van der Waals surface area contributed by atoms with Gasteiger partial charge >= 0.3 is 0 Å². The van der Waals surface area contributed by atoms with E-state index in [0.717, 1.165) is 12.8 Å². The summed E-state index contributed by atoms with van der Waals surface area (Å²) in [6.07, 6.45) is 1.33. The summed E-state index contributed by atoms with van der Waals surface area (Å²) >= 11 is 0. The summed E-state index contributed by atoms with van der Waals surface area (Å²) in [5.41, 5.74) is 0. The first-order valence-electron chi connectivity index (χ1n) is 5.62. The lowest BCUT2D eigenvalue weighted by Gasteiger charge is -2.21. The highest BCUT2D eigenvalue weighted by atomic mass is 16.5. The Morgan fingerprint density at radius 2 is 1.87 bits per heavy atom. The van der Waals surface area contributed by atoms with Crippen LogP contribution in [-0.2, 0) is 9.47 Å². The van der Waals surface area contributed by atoms with Crippen LogP contribution < -0.4 is 0 Å². The van der Waals surface area contributed by atoms with Crippen LogP contribution in [0.1, 0.15) is 33.6 Å². The van der Waals surface area contributed by atoms with Gasteiger partial charge in [0.15, 0.2) is 0 Å². The zero-order chi connectivity index (χ0) is 11.7. The van der Waals surface area contributed by atoms with Crippen molar-refractivity contribution in [3.05, 3.63) is 0 Å². The van der Waals surface area contributed by atoms with Gasteiger partial charge in [0.05, 0.1) is 38.1 Å². The summed E-state index contributed by atoms with van der Waals surface area (Å²) in [5, 5.41) is 17.9. The molecular weight excluding hydrogens is 196 g/mol.